The molecule has 0 radical (unpaired) electrons. The van der Waals surface area contributed by atoms with Crippen LogP contribution in [-0.4, -0.2) is 7.11 Å². The Hall–Kier alpha value is -1.57. The Labute approximate surface area is 117 Å². The van der Waals surface area contributed by atoms with Gasteiger partial charge in [-0.25, -0.2) is 18.6 Å². The maximum atomic E-state index is 8.49. The van der Waals surface area contributed by atoms with Gasteiger partial charge in [0.1, 0.15) is 11.3 Å². The number of benzene rings is 1. The molecule has 1 aliphatic heterocycles. The number of furan rings is 1. The van der Waals surface area contributed by atoms with Crippen molar-refractivity contribution >= 4 is 17.0 Å². The summed E-state index contributed by atoms with van der Waals surface area (Å²) in [4.78, 5) is 0. The minimum absolute atomic E-state index is 0.851. The van der Waals surface area contributed by atoms with E-state index < -0.39 is 10.2 Å². The van der Waals surface area contributed by atoms with Gasteiger partial charge >= 0.3 is 0 Å². The Morgan fingerprint density at radius 1 is 1.20 bits per heavy atom. The molecule has 2 heterocycles. The largest absolute Gasteiger partial charge is 0.576 e. The highest BCUT2D eigenvalue weighted by atomic mass is 35.7. The molecule has 0 saturated heterocycles. The highest BCUT2D eigenvalue weighted by Crippen LogP contribution is 2.33. The maximum absolute atomic E-state index is 8.49. The molecule has 0 bridgehead atoms. The highest BCUT2D eigenvalue weighted by Gasteiger charge is 2.21. The van der Waals surface area contributed by atoms with Gasteiger partial charge < -0.3 is 8.78 Å². The molecule has 0 atom stereocenters. The zero-order valence-electron chi connectivity index (χ0n) is 10.9. The van der Waals surface area contributed by atoms with E-state index in [-0.39, 0.29) is 0 Å². The molecule has 20 heavy (non-hydrogen) atoms. The van der Waals surface area contributed by atoms with E-state index in [1.807, 2.05) is 31.6 Å². The smallest absolute Gasteiger partial charge is 0.221 e. The number of rotatable bonds is 0. The van der Waals surface area contributed by atoms with Gasteiger partial charge in [-0.15, -0.1) is 10.2 Å². The van der Waals surface area contributed by atoms with Gasteiger partial charge in [-0.1, -0.05) is 12.1 Å². The van der Waals surface area contributed by atoms with E-state index in [0.29, 0.717) is 0 Å². The van der Waals surface area contributed by atoms with Gasteiger partial charge in [0, 0.05) is 5.39 Å². The second-order valence-electron chi connectivity index (χ2n) is 4.41. The Balaban J connectivity index is 0.000000257. The summed E-state index contributed by atoms with van der Waals surface area (Å²) in [6, 6.07) is 6.19. The molecule has 0 unspecified atom stereocenters. The van der Waals surface area contributed by atoms with Gasteiger partial charge in [-0.3, -0.25) is 0 Å². The van der Waals surface area contributed by atoms with Crippen molar-refractivity contribution < 1.29 is 37.7 Å². The third kappa shape index (κ3) is 3.50. The van der Waals surface area contributed by atoms with Gasteiger partial charge in [-0.2, -0.15) is 0 Å². The third-order valence-corrected chi connectivity index (χ3v) is 2.88. The second-order valence-corrected chi connectivity index (χ2v) is 5.16. The highest BCUT2D eigenvalue weighted by molar-refractivity contribution is 5.87. The molecule has 7 heteroatoms. The van der Waals surface area contributed by atoms with Gasteiger partial charge in [0.15, 0.2) is 7.11 Å². The van der Waals surface area contributed by atoms with E-state index in [4.69, 9.17) is 23.1 Å². The summed E-state index contributed by atoms with van der Waals surface area (Å²) in [5.74, 6) is 0.991. The van der Waals surface area contributed by atoms with Crippen LogP contribution in [0.3, 0.4) is 0 Å². The van der Waals surface area contributed by atoms with E-state index in [0.717, 1.165) is 18.0 Å². The molecule has 0 N–H and O–H groups in total. The lowest BCUT2D eigenvalue weighted by molar-refractivity contribution is -2.00. The fourth-order valence-corrected chi connectivity index (χ4v) is 2.15. The molecule has 0 spiro atoms. The molecule has 0 fully saturated rings. The van der Waals surface area contributed by atoms with Crippen LogP contribution in [-0.2, 0) is 11.0 Å². The summed E-state index contributed by atoms with van der Waals surface area (Å²) in [7, 11) is -2.95. The molecule has 1 aromatic carbocycles. The fraction of sp³-hybridized carbons (Fsp3) is 0.231. The summed E-state index contributed by atoms with van der Waals surface area (Å²) in [6.07, 6.45) is 3.98. The Kier molecular flexibility index (Phi) is 4.03. The predicted molar refractivity (Wildman–Crippen MR) is 60.7 cm³/mol. The van der Waals surface area contributed by atoms with E-state index in [2.05, 4.69) is 17.4 Å². The van der Waals surface area contributed by atoms with Gasteiger partial charge in [0.2, 0.25) is 12.9 Å². The minimum atomic E-state index is -4.94. The Bertz CT molecular complexity index is 634. The molecule has 0 saturated carbocycles. The van der Waals surface area contributed by atoms with Crippen LogP contribution in [0.2, 0.25) is 0 Å². The molecule has 0 aliphatic carbocycles. The molecular weight excluding hydrogens is 288 g/mol. The van der Waals surface area contributed by atoms with Gasteiger partial charge in [0.05, 0.1) is 11.6 Å². The standard InChI is InChI=1S/C13H13O2.ClHO4/c1-9-4-3-5-12-13(9)10-8-15(2)7-6-11(10)14-12;2-1(3,4)5/h3-7H,8H2,1-2H3;(H,2,3,4,5)/q+1;/p-1. The van der Waals surface area contributed by atoms with Gasteiger partial charge in [0.25, 0.3) is 0 Å². The SMILES string of the molecule is Cc1cccc2oc3c(c12)C[O+](C)C=C3.[O-][Cl+3]([O-])([O-])[O-]. The Morgan fingerprint density at radius 3 is 2.50 bits per heavy atom. The number of fused-ring (bicyclic) bond motifs is 3. The van der Waals surface area contributed by atoms with Crippen LogP contribution in [0.15, 0.2) is 28.9 Å². The molecule has 6 nitrogen and oxygen atoms in total. The second kappa shape index (κ2) is 5.43. The van der Waals surface area contributed by atoms with E-state index in [1.54, 1.807) is 0 Å². The normalized spacial score (nSPS) is 14.0. The van der Waals surface area contributed by atoms with Crippen molar-refractivity contribution in [3.05, 3.63) is 41.3 Å². The molecule has 3 rings (SSSR count). The number of hydrogen-bond acceptors (Lipinski definition) is 5. The topological polar surface area (TPSA) is 108 Å². The zero-order valence-corrected chi connectivity index (χ0v) is 11.7. The first-order valence-corrected chi connectivity index (χ1v) is 6.91. The summed E-state index contributed by atoms with van der Waals surface area (Å²) in [6.45, 7) is 2.98. The fourth-order valence-electron chi connectivity index (χ4n) is 2.15. The van der Waals surface area contributed by atoms with Crippen LogP contribution in [0.1, 0.15) is 16.9 Å². The average Bonchev–Trinajstić information content (AvgIpc) is 2.65. The van der Waals surface area contributed by atoms with Crippen molar-refractivity contribution in [2.45, 2.75) is 13.5 Å². The van der Waals surface area contributed by atoms with Crippen molar-refractivity contribution in [1.82, 2.24) is 0 Å². The summed E-state index contributed by atoms with van der Waals surface area (Å²) < 4.78 is 42.7. The zero-order chi connectivity index (χ0) is 14.9. The van der Waals surface area contributed by atoms with Crippen molar-refractivity contribution in [1.29, 1.82) is 0 Å². The summed E-state index contributed by atoms with van der Waals surface area (Å²) in [5, 5.41) is 1.26. The first-order valence-electron chi connectivity index (χ1n) is 5.68. The lowest BCUT2D eigenvalue weighted by atomic mass is 10.1. The average molecular weight is 301 g/mol. The van der Waals surface area contributed by atoms with E-state index in [9.17, 15) is 0 Å². The van der Waals surface area contributed by atoms with Crippen molar-refractivity contribution in [2.24, 2.45) is 0 Å². The lowest BCUT2D eigenvalue weighted by Crippen LogP contribution is -2.68. The maximum Gasteiger partial charge on any atom is 0.221 e. The van der Waals surface area contributed by atoms with Crippen LogP contribution >= 0.6 is 0 Å². The van der Waals surface area contributed by atoms with Crippen LogP contribution in [0.5, 0.6) is 0 Å². The predicted octanol–water partition coefficient (Wildman–Crippen LogP) is -1.35. The summed E-state index contributed by atoms with van der Waals surface area (Å²) in [5.41, 5.74) is 3.54. The molecule has 1 aromatic heterocycles. The van der Waals surface area contributed by atoms with E-state index in [1.165, 1.54) is 16.5 Å². The first kappa shape index (κ1) is 14.8. The van der Waals surface area contributed by atoms with Crippen LogP contribution in [0, 0.1) is 17.2 Å². The van der Waals surface area contributed by atoms with Crippen molar-refractivity contribution in [2.75, 3.05) is 7.11 Å². The van der Waals surface area contributed by atoms with Crippen LogP contribution < -0.4 is 18.6 Å². The van der Waals surface area contributed by atoms with Crippen LogP contribution in [0.25, 0.3) is 17.0 Å². The number of hydrogen-bond donors (Lipinski definition) is 0. The Morgan fingerprint density at radius 2 is 1.85 bits per heavy atom. The monoisotopic (exact) mass is 300 g/mol. The third-order valence-electron chi connectivity index (χ3n) is 2.88. The first-order chi connectivity index (χ1) is 9.25. The molecular formula is C13H13ClO6. The van der Waals surface area contributed by atoms with E-state index >= 15 is 0 Å². The van der Waals surface area contributed by atoms with Gasteiger partial charge in [-0.05, 0) is 18.6 Å². The van der Waals surface area contributed by atoms with Crippen molar-refractivity contribution in [3.63, 3.8) is 0 Å². The minimum Gasteiger partial charge on any atom is -0.576 e. The quantitative estimate of drug-likeness (QED) is 0.559. The lowest BCUT2D eigenvalue weighted by Gasteiger charge is -2.17. The molecule has 0 amide bonds. The molecule has 2 aromatic rings. The number of aryl methyl sites for hydroxylation is 1. The molecule has 1 aliphatic rings. The number of halogens is 1. The van der Waals surface area contributed by atoms with Crippen molar-refractivity contribution in [3.8, 4) is 0 Å². The van der Waals surface area contributed by atoms with Crippen LogP contribution in [0.4, 0.5) is 0 Å². The summed E-state index contributed by atoms with van der Waals surface area (Å²) >= 11 is 0. The molecule has 108 valence electrons.